The van der Waals surface area contributed by atoms with Crippen LogP contribution >= 0.6 is 0 Å². The maximum Gasteiger partial charge on any atom is 0.572 e. The van der Waals surface area contributed by atoms with Crippen molar-refractivity contribution in [3.05, 3.63) is 47.8 Å². The Balaban J connectivity index is 0. The third kappa shape index (κ3) is 18.2. The quantitative estimate of drug-likeness (QED) is 0.346. The zero-order valence-corrected chi connectivity index (χ0v) is 14.0. The van der Waals surface area contributed by atoms with Crippen LogP contribution in [0.1, 0.15) is 47.5 Å². The molecule has 1 N–H and O–H groups in total. The van der Waals surface area contributed by atoms with Crippen LogP contribution in [-0.4, -0.2) is 12.1 Å². The summed E-state index contributed by atoms with van der Waals surface area (Å²) in [7, 11) is 0. The monoisotopic (exact) mass is 317 g/mol. The van der Waals surface area contributed by atoms with Gasteiger partial charge in [-0.25, -0.2) is 0 Å². The predicted octanol–water partition coefficient (Wildman–Crippen LogP) is 6.33. The van der Waals surface area contributed by atoms with E-state index in [9.17, 15) is 13.2 Å². The van der Waals surface area contributed by atoms with Crippen molar-refractivity contribution in [1.29, 1.82) is 5.41 Å². The number of hydrogen-bond donors (Lipinski definition) is 1. The molecule has 0 aromatic carbocycles. The summed E-state index contributed by atoms with van der Waals surface area (Å²) in [5.41, 5.74) is 2.73. The van der Waals surface area contributed by atoms with Crippen molar-refractivity contribution in [1.82, 2.24) is 0 Å². The van der Waals surface area contributed by atoms with Gasteiger partial charge in [0.1, 0.15) is 5.76 Å². The van der Waals surface area contributed by atoms with Gasteiger partial charge in [0, 0.05) is 5.71 Å². The predicted molar refractivity (Wildman–Crippen MR) is 86.9 cm³/mol. The summed E-state index contributed by atoms with van der Waals surface area (Å²) in [6, 6.07) is 0. The SMILES string of the molecule is C=C/C(C)=C\C=C(/C)OC(F)(F)F.CCC/C(C)=C\C(C)=N. The molecule has 0 spiro atoms. The van der Waals surface area contributed by atoms with E-state index in [2.05, 4.69) is 25.2 Å². The van der Waals surface area contributed by atoms with E-state index in [0.29, 0.717) is 5.71 Å². The van der Waals surface area contributed by atoms with Crippen molar-refractivity contribution in [3.8, 4) is 0 Å². The summed E-state index contributed by atoms with van der Waals surface area (Å²) in [6.07, 6.45) is 3.88. The van der Waals surface area contributed by atoms with E-state index in [1.54, 1.807) is 13.8 Å². The molecule has 0 aliphatic carbocycles. The van der Waals surface area contributed by atoms with Crippen LogP contribution in [0.5, 0.6) is 0 Å². The minimum atomic E-state index is -4.61. The highest BCUT2D eigenvalue weighted by Crippen LogP contribution is 2.20. The molecule has 0 bridgehead atoms. The fourth-order valence-electron chi connectivity index (χ4n) is 1.37. The first-order chi connectivity index (χ1) is 10.0. The molecule has 0 heterocycles. The van der Waals surface area contributed by atoms with E-state index in [1.807, 2.05) is 6.08 Å². The van der Waals surface area contributed by atoms with Gasteiger partial charge in [0.25, 0.3) is 0 Å². The maximum atomic E-state index is 11.6. The standard InChI is InChI=1S/C9H11F3O.C8H15N/c1-4-7(2)5-6-8(3)13-9(10,11)12;1-4-5-7(2)6-8(3)9/h4-6H,1H2,2-3H3;6,9H,4-5H2,1-3H3/b7-5-,8-6+;7-6-,9-8?. The Morgan fingerprint density at radius 1 is 1.14 bits per heavy atom. The third-order valence-electron chi connectivity index (χ3n) is 2.29. The van der Waals surface area contributed by atoms with Gasteiger partial charge < -0.3 is 10.1 Å². The summed E-state index contributed by atoms with van der Waals surface area (Å²) in [5.74, 6) is -0.200. The third-order valence-corrected chi connectivity index (χ3v) is 2.29. The second kappa shape index (κ2) is 11.8. The Morgan fingerprint density at radius 2 is 1.68 bits per heavy atom. The number of rotatable bonds is 6. The zero-order chi connectivity index (χ0) is 17.8. The summed E-state index contributed by atoms with van der Waals surface area (Å²) in [5, 5.41) is 7.13. The van der Waals surface area contributed by atoms with Crippen LogP contribution in [-0.2, 0) is 4.74 Å². The molecular weight excluding hydrogens is 291 g/mol. The molecular formula is C17H26F3NO. The van der Waals surface area contributed by atoms with Gasteiger partial charge in [0.15, 0.2) is 0 Å². The van der Waals surface area contributed by atoms with Crippen LogP contribution in [0.3, 0.4) is 0 Å². The fourth-order valence-corrected chi connectivity index (χ4v) is 1.37. The van der Waals surface area contributed by atoms with E-state index in [1.165, 1.54) is 37.1 Å². The largest absolute Gasteiger partial charge is 0.572 e. The Labute approximate surface area is 131 Å². The molecule has 0 aromatic rings. The van der Waals surface area contributed by atoms with Gasteiger partial charge in [-0.2, -0.15) is 0 Å². The molecule has 0 saturated carbocycles. The van der Waals surface area contributed by atoms with Gasteiger partial charge in [-0.15, -0.1) is 13.2 Å². The van der Waals surface area contributed by atoms with Crippen LogP contribution in [0.2, 0.25) is 0 Å². The molecule has 2 nitrogen and oxygen atoms in total. The minimum Gasteiger partial charge on any atom is -0.411 e. The van der Waals surface area contributed by atoms with E-state index in [-0.39, 0.29) is 5.76 Å². The van der Waals surface area contributed by atoms with Crippen molar-refractivity contribution < 1.29 is 17.9 Å². The molecule has 0 aliphatic heterocycles. The fraction of sp³-hybridized carbons (Fsp3) is 0.471. The van der Waals surface area contributed by atoms with E-state index < -0.39 is 6.36 Å². The number of hydrogen-bond acceptors (Lipinski definition) is 2. The van der Waals surface area contributed by atoms with Crippen molar-refractivity contribution >= 4 is 5.71 Å². The molecule has 0 aromatic heterocycles. The van der Waals surface area contributed by atoms with E-state index in [4.69, 9.17) is 5.41 Å². The lowest BCUT2D eigenvalue weighted by molar-refractivity contribution is -0.305. The Kier molecular flexibility index (Phi) is 12.1. The first-order valence-corrected chi connectivity index (χ1v) is 6.97. The van der Waals surface area contributed by atoms with E-state index in [0.717, 1.165) is 12.0 Å². The molecule has 22 heavy (non-hydrogen) atoms. The van der Waals surface area contributed by atoms with Crippen LogP contribution in [0.4, 0.5) is 13.2 Å². The van der Waals surface area contributed by atoms with Crippen LogP contribution in [0.25, 0.3) is 0 Å². The normalized spacial score (nSPS) is 13.2. The Morgan fingerprint density at radius 3 is 2.05 bits per heavy atom. The molecule has 0 aliphatic rings. The highest BCUT2D eigenvalue weighted by molar-refractivity contribution is 5.90. The summed E-state index contributed by atoms with van der Waals surface area (Å²) in [4.78, 5) is 0. The van der Waals surface area contributed by atoms with Gasteiger partial charge >= 0.3 is 6.36 Å². The molecule has 0 rings (SSSR count). The zero-order valence-electron chi connectivity index (χ0n) is 14.0. The number of ether oxygens (including phenoxy) is 1. The van der Waals surface area contributed by atoms with Crippen LogP contribution in [0.15, 0.2) is 47.8 Å². The number of alkyl halides is 3. The molecule has 0 amide bonds. The highest BCUT2D eigenvalue weighted by Gasteiger charge is 2.30. The van der Waals surface area contributed by atoms with Crippen molar-refractivity contribution in [2.75, 3.05) is 0 Å². The summed E-state index contributed by atoms with van der Waals surface area (Å²) in [6.45, 7) is 12.4. The number of nitrogens with one attached hydrogen (secondary N) is 1. The van der Waals surface area contributed by atoms with Crippen molar-refractivity contribution in [3.63, 3.8) is 0 Å². The van der Waals surface area contributed by atoms with Crippen molar-refractivity contribution in [2.45, 2.75) is 53.8 Å². The first kappa shape index (κ1) is 22.5. The number of allylic oxidation sites excluding steroid dienone is 7. The number of halogens is 3. The first-order valence-electron chi connectivity index (χ1n) is 6.97. The average Bonchev–Trinajstić information content (AvgIpc) is 2.34. The highest BCUT2D eigenvalue weighted by atomic mass is 19.4. The maximum absolute atomic E-state index is 11.6. The lowest BCUT2D eigenvalue weighted by Crippen LogP contribution is -2.11. The summed E-state index contributed by atoms with van der Waals surface area (Å²) >= 11 is 0. The molecule has 0 unspecified atom stereocenters. The van der Waals surface area contributed by atoms with Crippen LogP contribution < -0.4 is 0 Å². The minimum absolute atomic E-state index is 0.200. The van der Waals surface area contributed by atoms with Crippen molar-refractivity contribution in [2.24, 2.45) is 0 Å². The molecule has 0 atom stereocenters. The Hall–Kier alpha value is -1.78. The molecule has 5 heteroatoms. The Bertz CT molecular complexity index is 443. The second-order valence-electron chi connectivity index (χ2n) is 4.86. The molecule has 0 saturated heterocycles. The summed E-state index contributed by atoms with van der Waals surface area (Å²) < 4.78 is 38.4. The average molecular weight is 317 g/mol. The molecule has 0 fully saturated rings. The topological polar surface area (TPSA) is 33.1 Å². The second-order valence-corrected chi connectivity index (χ2v) is 4.86. The van der Waals surface area contributed by atoms with Crippen LogP contribution in [0, 0.1) is 5.41 Å². The lowest BCUT2D eigenvalue weighted by atomic mass is 10.1. The molecule has 126 valence electrons. The lowest BCUT2D eigenvalue weighted by Gasteiger charge is -2.07. The van der Waals surface area contributed by atoms with Gasteiger partial charge in [0.05, 0.1) is 0 Å². The van der Waals surface area contributed by atoms with Gasteiger partial charge in [-0.3, -0.25) is 0 Å². The van der Waals surface area contributed by atoms with Gasteiger partial charge in [0.2, 0.25) is 0 Å². The van der Waals surface area contributed by atoms with E-state index >= 15 is 0 Å². The van der Waals surface area contributed by atoms with Gasteiger partial charge in [-0.1, -0.05) is 43.2 Å². The molecule has 0 radical (unpaired) electrons. The van der Waals surface area contributed by atoms with Gasteiger partial charge in [-0.05, 0) is 46.3 Å². The smallest absolute Gasteiger partial charge is 0.411 e.